The Bertz CT molecular complexity index is 1350. The molecule has 0 N–H and O–H groups in total. The van der Waals surface area contributed by atoms with E-state index in [2.05, 4.69) is 165 Å². The minimum Gasteiger partial charge on any atom is -0.0769 e. The topological polar surface area (TPSA) is 0 Å². The highest BCUT2D eigenvalue weighted by molar-refractivity contribution is 5.85. The smallest absolute Gasteiger partial charge is 0.0175 e. The van der Waals surface area contributed by atoms with Crippen LogP contribution in [0.15, 0.2) is 125 Å². The Morgan fingerprint density at radius 1 is 0.634 bits per heavy atom. The summed E-state index contributed by atoms with van der Waals surface area (Å²) in [5.41, 5.74) is 14.2. The summed E-state index contributed by atoms with van der Waals surface area (Å²) >= 11 is 0. The van der Waals surface area contributed by atoms with Crippen molar-refractivity contribution in [3.8, 4) is 11.1 Å². The lowest BCUT2D eigenvalue weighted by atomic mass is 9.91. The molecule has 3 aromatic rings. The van der Waals surface area contributed by atoms with E-state index >= 15 is 0 Å². The largest absolute Gasteiger partial charge is 0.0769 e. The fourth-order valence-corrected chi connectivity index (χ4v) is 4.72. The van der Waals surface area contributed by atoms with Crippen molar-refractivity contribution in [3.63, 3.8) is 0 Å². The zero-order chi connectivity index (χ0) is 30.2. The first-order valence-electron chi connectivity index (χ1n) is 15.4. The second-order valence-corrected chi connectivity index (χ2v) is 11.2. The van der Waals surface area contributed by atoms with Crippen molar-refractivity contribution >= 4 is 11.1 Å². The van der Waals surface area contributed by atoms with Crippen LogP contribution < -0.4 is 0 Å². The van der Waals surface area contributed by atoms with Crippen LogP contribution in [0.2, 0.25) is 0 Å². The summed E-state index contributed by atoms with van der Waals surface area (Å²) in [6.07, 6.45) is 13.9. The maximum Gasteiger partial charge on any atom is -0.0175 e. The lowest BCUT2D eigenvalue weighted by Gasteiger charge is -2.14. The van der Waals surface area contributed by atoms with Crippen LogP contribution in [-0.2, 0) is 0 Å². The van der Waals surface area contributed by atoms with Crippen molar-refractivity contribution < 1.29 is 0 Å². The van der Waals surface area contributed by atoms with Gasteiger partial charge in [0.05, 0.1) is 0 Å². The predicted molar refractivity (Wildman–Crippen MR) is 186 cm³/mol. The Kier molecular flexibility index (Phi) is 14.7. The normalized spacial score (nSPS) is 12.8. The molecule has 0 spiro atoms. The number of rotatable bonds is 10. The summed E-state index contributed by atoms with van der Waals surface area (Å²) in [7, 11) is 0. The van der Waals surface area contributed by atoms with Crippen LogP contribution in [0.1, 0.15) is 97.8 Å². The third-order valence-electron chi connectivity index (χ3n) is 6.77. The highest BCUT2D eigenvalue weighted by Gasteiger charge is 2.09. The van der Waals surface area contributed by atoms with E-state index in [4.69, 9.17) is 0 Å². The van der Waals surface area contributed by atoms with E-state index in [-0.39, 0.29) is 0 Å². The lowest BCUT2D eigenvalue weighted by molar-refractivity contribution is 0.897. The molecule has 0 heterocycles. The molecule has 0 amide bonds. The number of allylic oxidation sites excluding steroid dienone is 10. The molecule has 0 saturated heterocycles. The van der Waals surface area contributed by atoms with Gasteiger partial charge in [-0.25, -0.2) is 0 Å². The molecule has 0 bridgehead atoms. The van der Waals surface area contributed by atoms with Crippen molar-refractivity contribution in [2.75, 3.05) is 0 Å². The van der Waals surface area contributed by atoms with Crippen LogP contribution in [0.4, 0.5) is 0 Å². The van der Waals surface area contributed by atoms with Crippen LogP contribution >= 0.6 is 0 Å². The minimum atomic E-state index is 1.01. The van der Waals surface area contributed by atoms with Gasteiger partial charge in [0, 0.05) is 0 Å². The molecule has 0 aromatic heterocycles. The second kappa shape index (κ2) is 17.9. The standard InChI is InChI=1S/C38H44.C3H8/c1-8-13-30(6)38(36(14-9-2)25-28(3)4)27-37(33-15-11-10-12-16-33)26-31(7)32-21-23-35(24-22-32)34-19-17-29(5)18-20-34;1-3-2/h10-12,14-27H,8-9,13H2,1-7H3;3H2,1-2H3/b31-26+,36-14+,37-27+,38-30+;. The molecule has 41 heavy (non-hydrogen) atoms. The summed E-state index contributed by atoms with van der Waals surface area (Å²) in [6.45, 7) is 19.7. The van der Waals surface area contributed by atoms with Gasteiger partial charge in [0.2, 0.25) is 0 Å². The van der Waals surface area contributed by atoms with Gasteiger partial charge in [-0.05, 0) is 98.1 Å². The molecule has 0 radical (unpaired) electrons. The zero-order valence-electron chi connectivity index (χ0n) is 27.1. The van der Waals surface area contributed by atoms with Crippen molar-refractivity contribution in [1.82, 2.24) is 0 Å². The van der Waals surface area contributed by atoms with Crippen LogP contribution in [0.5, 0.6) is 0 Å². The molecule has 0 aliphatic heterocycles. The minimum absolute atomic E-state index is 1.01. The van der Waals surface area contributed by atoms with E-state index in [1.54, 1.807) is 0 Å². The summed E-state index contributed by atoms with van der Waals surface area (Å²) in [6, 6.07) is 28.5. The lowest BCUT2D eigenvalue weighted by Crippen LogP contribution is -1.94. The quantitative estimate of drug-likeness (QED) is 0.223. The van der Waals surface area contributed by atoms with E-state index in [1.807, 2.05) is 0 Å². The highest BCUT2D eigenvalue weighted by atomic mass is 14.1. The van der Waals surface area contributed by atoms with Crippen molar-refractivity contribution in [2.24, 2.45) is 0 Å². The molecule has 0 atom stereocenters. The van der Waals surface area contributed by atoms with Gasteiger partial charge in [-0.3, -0.25) is 0 Å². The highest BCUT2D eigenvalue weighted by Crippen LogP contribution is 2.30. The molecule has 0 aliphatic rings. The maximum atomic E-state index is 2.41. The van der Waals surface area contributed by atoms with E-state index in [0.717, 1.165) is 19.3 Å². The van der Waals surface area contributed by atoms with Gasteiger partial charge in [-0.2, -0.15) is 0 Å². The van der Waals surface area contributed by atoms with E-state index in [1.165, 1.54) is 67.7 Å². The first kappa shape index (κ1) is 33.6. The van der Waals surface area contributed by atoms with Gasteiger partial charge in [-0.1, -0.05) is 154 Å². The summed E-state index contributed by atoms with van der Waals surface area (Å²) in [5.74, 6) is 0. The Morgan fingerprint density at radius 3 is 1.71 bits per heavy atom. The van der Waals surface area contributed by atoms with Crippen LogP contribution in [0, 0.1) is 6.92 Å². The van der Waals surface area contributed by atoms with Crippen LogP contribution in [0.25, 0.3) is 22.3 Å². The van der Waals surface area contributed by atoms with Gasteiger partial charge in [-0.15, -0.1) is 0 Å². The molecule has 216 valence electrons. The predicted octanol–water partition coefficient (Wildman–Crippen LogP) is 13.0. The average molecular weight is 545 g/mol. The van der Waals surface area contributed by atoms with Gasteiger partial charge in [0.1, 0.15) is 0 Å². The van der Waals surface area contributed by atoms with Gasteiger partial charge < -0.3 is 0 Å². The SMILES string of the molecule is CC/C=C(C=C(C)C)/C(/C=C(\C=C(/C)c1ccc(-c2ccc(C)cc2)cc1)c1ccccc1)=C(\C)CCC.CCC. The van der Waals surface area contributed by atoms with Gasteiger partial charge >= 0.3 is 0 Å². The van der Waals surface area contributed by atoms with E-state index in [9.17, 15) is 0 Å². The molecular formula is C41H52. The van der Waals surface area contributed by atoms with Gasteiger partial charge in [0.25, 0.3) is 0 Å². The molecule has 0 unspecified atom stereocenters. The van der Waals surface area contributed by atoms with Crippen LogP contribution in [0.3, 0.4) is 0 Å². The molecular weight excluding hydrogens is 492 g/mol. The molecule has 0 nitrogen and oxygen atoms in total. The Labute approximate surface area is 251 Å². The summed E-state index contributed by atoms with van der Waals surface area (Å²) < 4.78 is 0. The molecule has 0 aliphatic carbocycles. The molecule has 3 aromatic carbocycles. The van der Waals surface area contributed by atoms with E-state index < -0.39 is 0 Å². The van der Waals surface area contributed by atoms with Crippen molar-refractivity contribution in [1.29, 1.82) is 0 Å². The fraction of sp³-hybridized carbons (Fsp3) is 0.317. The van der Waals surface area contributed by atoms with Crippen molar-refractivity contribution in [2.45, 2.75) is 88.0 Å². The van der Waals surface area contributed by atoms with Crippen molar-refractivity contribution in [3.05, 3.63) is 142 Å². The maximum absolute atomic E-state index is 2.41. The second-order valence-electron chi connectivity index (χ2n) is 11.2. The third-order valence-corrected chi connectivity index (χ3v) is 6.77. The zero-order valence-corrected chi connectivity index (χ0v) is 27.1. The van der Waals surface area contributed by atoms with E-state index in [0.29, 0.717) is 0 Å². The first-order chi connectivity index (χ1) is 19.7. The molecule has 0 heteroatoms. The number of aryl methyl sites for hydroxylation is 1. The first-order valence-corrected chi connectivity index (χ1v) is 15.4. The summed E-state index contributed by atoms with van der Waals surface area (Å²) in [5, 5.41) is 0. The summed E-state index contributed by atoms with van der Waals surface area (Å²) in [4.78, 5) is 0. The van der Waals surface area contributed by atoms with Crippen LogP contribution in [-0.4, -0.2) is 0 Å². The average Bonchev–Trinajstić information content (AvgIpc) is 2.96. The molecule has 3 rings (SSSR count). The number of hydrogen-bond donors (Lipinski definition) is 0. The Hall–Kier alpha value is -3.64. The monoisotopic (exact) mass is 544 g/mol. The Balaban J connectivity index is 0.00000187. The number of benzene rings is 3. The Morgan fingerprint density at radius 2 is 1.20 bits per heavy atom. The fourth-order valence-electron chi connectivity index (χ4n) is 4.72. The number of hydrogen-bond acceptors (Lipinski definition) is 0. The van der Waals surface area contributed by atoms with Gasteiger partial charge in [0.15, 0.2) is 0 Å². The third kappa shape index (κ3) is 11.0. The molecule has 0 saturated carbocycles. The molecule has 0 fully saturated rings.